The molecule has 0 atom stereocenters. The van der Waals surface area contributed by atoms with Crippen LogP contribution in [0, 0.1) is 0 Å². The van der Waals surface area contributed by atoms with Crippen molar-refractivity contribution in [3.8, 4) is 22.3 Å². The molecule has 0 radical (unpaired) electrons. The van der Waals surface area contributed by atoms with Crippen LogP contribution in [0.25, 0.3) is 56.5 Å². The van der Waals surface area contributed by atoms with E-state index in [1.807, 2.05) is 12.1 Å². The van der Waals surface area contributed by atoms with Crippen LogP contribution in [0.2, 0.25) is 0 Å². The zero-order valence-electron chi connectivity index (χ0n) is 16.6. The fraction of sp³-hybridized carbons (Fsp3) is 0. The standard InChI is InChI=1S/C27H18BrN3/c28-27-23-15-13-21(30-23)25(17-7-3-1-4-8-17)19-11-12-20(29-19)26(18-9-5-2-6-10-18)22-14-16-24(27)31-22/h1-16,29-30H. The summed E-state index contributed by atoms with van der Waals surface area (Å²) in [5, 5.41) is 0. The van der Waals surface area contributed by atoms with Crippen LogP contribution in [0.4, 0.5) is 0 Å². The summed E-state index contributed by atoms with van der Waals surface area (Å²) in [5.41, 5.74) is 10.5. The van der Waals surface area contributed by atoms with Crippen molar-refractivity contribution in [1.82, 2.24) is 15.0 Å². The highest BCUT2D eigenvalue weighted by Gasteiger charge is 2.14. The van der Waals surface area contributed by atoms with Crippen molar-refractivity contribution in [2.24, 2.45) is 0 Å². The maximum Gasteiger partial charge on any atom is 0.0801 e. The summed E-state index contributed by atoms with van der Waals surface area (Å²) >= 11 is 3.78. The molecule has 0 saturated carbocycles. The molecule has 5 aromatic rings. The zero-order chi connectivity index (χ0) is 20.8. The van der Waals surface area contributed by atoms with E-state index >= 15 is 0 Å². The summed E-state index contributed by atoms with van der Waals surface area (Å²) in [5.74, 6) is 0. The average Bonchev–Trinajstić information content (AvgIpc) is 3.57. The van der Waals surface area contributed by atoms with Gasteiger partial charge in [0, 0.05) is 27.7 Å². The molecule has 148 valence electrons. The third-order valence-electron chi connectivity index (χ3n) is 5.66. The van der Waals surface area contributed by atoms with Gasteiger partial charge in [0.2, 0.25) is 0 Å². The monoisotopic (exact) mass is 463 g/mol. The summed E-state index contributed by atoms with van der Waals surface area (Å²) in [7, 11) is 0. The molecule has 1 aliphatic heterocycles. The molecular weight excluding hydrogens is 446 g/mol. The van der Waals surface area contributed by atoms with Crippen LogP contribution >= 0.6 is 15.9 Å². The number of aromatic nitrogens is 3. The molecule has 0 unspecified atom stereocenters. The highest BCUT2D eigenvalue weighted by atomic mass is 79.9. The lowest BCUT2D eigenvalue weighted by molar-refractivity contribution is 1.30. The molecule has 0 aliphatic carbocycles. The smallest absolute Gasteiger partial charge is 0.0801 e. The predicted molar refractivity (Wildman–Crippen MR) is 133 cm³/mol. The maximum absolute atomic E-state index is 4.96. The lowest BCUT2D eigenvalue weighted by Gasteiger charge is -2.05. The first-order valence-corrected chi connectivity index (χ1v) is 11.0. The van der Waals surface area contributed by atoms with Crippen LogP contribution in [0.15, 0.2) is 89.4 Å². The van der Waals surface area contributed by atoms with Crippen LogP contribution in [-0.2, 0) is 0 Å². The fourth-order valence-corrected chi connectivity index (χ4v) is 4.68. The summed E-state index contributed by atoms with van der Waals surface area (Å²) in [4.78, 5) is 12.2. The lowest BCUT2D eigenvalue weighted by atomic mass is 10.0. The van der Waals surface area contributed by atoms with Gasteiger partial charge in [-0.1, -0.05) is 60.7 Å². The third kappa shape index (κ3) is 3.07. The molecule has 3 nitrogen and oxygen atoms in total. The Kier molecular flexibility index (Phi) is 4.25. The minimum atomic E-state index is 0.908. The first-order chi connectivity index (χ1) is 15.3. The Hall–Kier alpha value is -3.63. The van der Waals surface area contributed by atoms with Gasteiger partial charge in [-0.15, -0.1) is 0 Å². The number of nitrogens with one attached hydrogen (secondary N) is 2. The van der Waals surface area contributed by atoms with Crippen molar-refractivity contribution in [1.29, 1.82) is 0 Å². The largest absolute Gasteiger partial charge is 0.354 e. The van der Waals surface area contributed by atoms with Gasteiger partial charge in [-0.2, -0.15) is 0 Å². The van der Waals surface area contributed by atoms with E-state index in [0.717, 1.165) is 60.2 Å². The second-order valence-corrected chi connectivity index (χ2v) is 8.38. The van der Waals surface area contributed by atoms with Crippen LogP contribution < -0.4 is 0 Å². The van der Waals surface area contributed by atoms with Gasteiger partial charge in [0.25, 0.3) is 0 Å². The number of rotatable bonds is 2. The molecule has 31 heavy (non-hydrogen) atoms. The van der Waals surface area contributed by atoms with Crippen molar-refractivity contribution in [2.75, 3.05) is 0 Å². The number of hydrogen-bond acceptors (Lipinski definition) is 1. The summed E-state index contributed by atoms with van der Waals surface area (Å²) in [6, 6.07) is 29.4. The Bertz CT molecular complexity index is 1530. The van der Waals surface area contributed by atoms with Crippen LogP contribution in [-0.4, -0.2) is 15.0 Å². The minimum absolute atomic E-state index is 0.908. The molecule has 2 N–H and O–H groups in total. The van der Waals surface area contributed by atoms with Crippen LogP contribution in [0.3, 0.4) is 0 Å². The van der Waals surface area contributed by atoms with Crippen LogP contribution in [0.5, 0.6) is 0 Å². The Morgan fingerprint density at radius 1 is 0.516 bits per heavy atom. The van der Waals surface area contributed by atoms with Gasteiger partial charge >= 0.3 is 0 Å². The van der Waals surface area contributed by atoms with Crippen molar-refractivity contribution in [3.05, 3.63) is 101 Å². The number of halogens is 1. The van der Waals surface area contributed by atoms with Gasteiger partial charge < -0.3 is 9.97 Å². The molecule has 4 heteroatoms. The van der Waals surface area contributed by atoms with Crippen LogP contribution in [0.1, 0.15) is 11.4 Å². The van der Waals surface area contributed by atoms with Crippen molar-refractivity contribution in [3.63, 3.8) is 0 Å². The van der Waals surface area contributed by atoms with Gasteiger partial charge in [-0.3, -0.25) is 0 Å². The first kappa shape index (κ1) is 18.2. The van der Waals surface area contributed by atoms with Crippen molar-refractivity contribution >= 4 is 50.1 Å². The maximum atomic E-state index is 4.96. The molecule has 0 saturated heterocycles. The Morgan fingerprint density at radius 2 is 1.00 bits per heavy atom. The number of benzene rings is 2. The van der Waals surface area contributed by atoms with E-state index in [1.54, 1.807) is 0 Å². The number of aromatic amines is 2. The first-order valence-electron chi connectivity index (χ1n) is 10.2. The minimum Gasteiger partial charge on any atom is -0.354 e. The van der Waals surface area contributed by atoms with Gasteiger partial charge in [0.05, 0.1) is 21.4 Å². The molecular formula is C27H18BrN3. The number of fused-ring (bicyclic) bond motifs is 6. The highest BCUT2D eigenvalue weighted by molar-refractivity contribution is 9.10. The Morgan fingerprint density at radius 3 is 1.65 bits per heavy atom. The van der Waals surface area contributed by atoms with Gasteiger partial charge in [-0.05, 0) is 63.5 Å². The third-order valence-corrected chi connectivity index (χ3v) is 6.50. The number of hydrogen-bond donors (Lipinski definition) is 2. The van der Waals surface area contributed by atoms with Crippen molar-refractivity contribution in [2.45, 2.75) is 0 Å². The molecule has 6 bridgehead atoms. The number of nitrogens with zero attached hydrogens (tertiary/aromatic N) is 1. The fourth-order valence-electron chi connectivity index (χ4n) is 4.22. The van der Waals surface area contributed by atoms with E-state index in [9.17, 15) is 0 Å². The molecule has 3 aromatic heterocycles. The van der Waals surface area contributed by atoms with Gasteiger partial charge in [-0.25, -0.2) is 4.98 Å². The van der Waals surface area contributed by atoms with Gasteiger partial charge in [0.15, 0.2) is 0 Å². The summed E-state index contributed by atoms with van der Waals surface area (Å²) < 4.78 is 0.952. The topological polar surface area (TPSA) is 44.5 Å². The zero-order valence-corrected chi connectivity index (χ0v) is 18.1. The molecule has 0 spiro atoms. The molecule has 0 fully saturated rings. The normalized spacial score (nSPS) is 11.9. The predicted octanol–water partition coefficient (Wildman–Crippen LogP) is 7.75. The lowest BCUT2D eigenvalue weighted by Crippen LogP contribution is -1.86. The molecule has 1 aliphatic rings. The highest BCUT2D eigenvalue weighted by Crippen LogP contribution is 2.35. The van der Waals surface area contributed by atoms with Gasteiger partial charge in [0.1, 0.15) is 0 Å². The second kappa shape index (κ2) is 7.25. The van der Waals surface area contributed by atoms with E-state index in [4.69, 9.17) is 4.98 Å². The quantitative estimate of drug-likeness (QED) is 0.270. The second-order valence-electron chi connectivity index (χ2n) is 7.58. The van der Waals surface area contributed by atoms with E-state index in [-0.39, 0.29) is 0 Å². The van der Waals surface area contributed by atoms with E-state index in [1.165, 1.54) is 0 Å². The molecule has 0 amide bonds. The van der Waals surface area contributed by atoms with E-state index < -0.39 is 0 Å². The molecule has 4 heterocycles. The SMILES string of the molecule is Brc1c2nc(c(-c3ccccc3)c3ccc([nH]3)c(-c3ccccc3)c3ccc1[nH]3)C=C2. The molecule has 2 aromatic carbocycles. The van der Waals surface area contributed by atoms with Crippen molar-refractivity contribution < 1.29 is 0 Å². The Labute approximate surface area is 187 Å². The number of H-pyrrole nitrogens is 2. The van der Waals surface area contributed by atoms with E-state index in [0.29, 0.717) is 0 Å². The summed E-state index contributed by atoms with van der Waals surface area (Å²) in [6.07, 6.45) is 4.15. The molecule has 6 rings (SSSR count). The summed E-state index contributed by atoms with van der Waals surface area (Å²) in [6.45, 7) is 0. The average molecular weight is 464 g/mol. The Balaban J connectivity index is 1.82. The van der Waals surface area contributed by atoms with E-state index in [2.05, 4.69) is 111 Å².